The monoisotopic (exact) mass is 261 g/mol. The third-order valence-corrected chi connectivity index (χ3v) is 2.52. The number of phenols is 1. The Morgan fingerprint density at radius 3 is 2.86 bits per heavy atom. The van der Waals surface area contributed by atoms with Crippen LogP contribution in [-0.4, -0.2) is 11.7 Å². The Kier molecular flexibility index (Phi) is 3.50. The van der Waals surface area contributed by atoms with E-state index in [2.05, 4.69) is 5.32 Å². The second-order valence-electron chi connectivity index (χ2n) is 3.49. The smallest absolute Gasteiger partial charge is 0.127 e. The highest BCUT2D eigenvalue weighted by Crippen LogP contribution is 2.31. The van der Waals surface area contributed by atoms with Crippen molar-refractivity contribution in [3.8, 4) is 5.75 Å². The van der Waals surface area contributed by atoms with E-state index >= 15 is 0 Å². The van der Waals surface area contributed by atoms with Gasteiger partial charge in [0.25, 0.3) is 0 Å². The maximum Gasteiger partial charge on any atom is 0.127 e. The molecule has 14 heavy (non-hydrogen) atoms. The van der Waals surface area contributed by atoms with E-state index in [9.17, 15) is 9.50 Å². The molecule has 0 saturated carbocycles. The van der Waals surface area contributed by atoms with Gasteiger partial charge < -0.3 is 10.4 Å². The normalized spacial score (nSPS) is 19.7. The summed E-state index contributed by atoms with van der Waals surface area (Å²) >= 11 is 0. The van der Waals surface area contributed by atoms with E-state index in [4.69, 9.17) is 0 Å². The molecule has 0 amide bonds. The van der Waals surface area contributed by atoms with E-state index in [0.29, 0.717) is 17.7 Å². The van der Waals surface area contributed by atoms with Crippen LogP contribution >= 0.6 is 17.0 Å². The summed E-state index contributed by atoms with van der Waals surface area (Å²) in [6.45, 7) is 3.28. The SMILES string of the molecule is Br.CC1CNCc2c(O)ccc(F)c21. The fourth-order valence-corrected chi connectivity index (χ4v) is 1.86. The van der Waals surface area contributed by atoms with Gasteiger partial charge >= 0.3 is 0 Å². The number of rotatable bonds is 0. The van der Waals surface area contributed by atoms with Crippen molar-refractivity contribution in [2.24, 2.45) is 0 Å². The summed E-state index contributed by atoms with van der Waals surface area (Å²) in [6, 6.07) is 2.74. The van der Waals surface area contributed by atoms with E-state index in [0.717, 1.165) is 6.54 Å². The lowest BCUT2D eigenvalue weighted by Gasteiger charge is -2.24. The first-order chi connectivity index (χ1) is 6.20. The lowest BCUT2D eigenvalue weighted by Crippen LogP contribution is -2.27. The van der Waals surface area contributed by atoms with Gasteiger partial charge in [-0.3, -0.25) is 0 Å². The standard InChI is InChI=1S/C10H12FNO.BrH/c1-6-4-12-5-7-9(13)3-2-8(11)10(6)7;/h2-3,6,12-13H,4-5H2,1H3;1H. The number of hydrogen-bond donors (Lipinski definition) is 2. The summed E-state index contributed by atoms with van der Waals surface area (Å²) in [7, 11) is 0. The Labute approximate surface area is 92.9 Å². The molecular formula is C10H13BrFNO. The topological polar surface area (TPSA) is 32.3 Å². The number of benzene rings is 1. The van der Waals surface area contributed by atoms with Gasteiger partial charge in [0.15, 0.2) is 0 Å². The van der Waals surface area contributed by atoms with Crippen LogP contribution in [0.5, 0.6) is 5.75 Å². The average molecular weight is 262 g/mol. The minimum Gasteiger partial charge on any atom is -0.508 e. The molecule has 2 rings (SSSR count). The van der Waals surface area contributed by atoms with Crippen LogP contribution in [0.1, 0.15) is 24.0 Å². The molecule has 1 aromatic carbocycles. The van der Waals surface area contributed by atoms with Crippen molar-refractivity contribution in [3.63, 3.8) is 0 Å². The van der Waals surface area contributed by atoms with Gasteiger partial charge in [0.2, 0.25) is 0 Å². The zero-order valence-electron chi connectivity index (χ0n) is 7.88. The minimum absolute atomic E-state index is 0. The summed E-state index contributed by atoms with van der Waals surface area (Å²) in [5.74, 6) is 0.119. The molecule has 1 aromatic rings. The van der Waals surface area contributed by atoms with Crippen LogP contribution in [0.2, 0.25) is 0 Å². The third-order valence-electron chi connectivity index (χ3n) is 2.52. The highest BCUT2D eigenvalue weighted by molar-refractivity contribution is 8.93. The van der Waals surface area contributed by atoms with Gasteiger partial charge in [-0.2, -0.15) is 0 Å². The van der Waals surface area contributed by atoms with Crippen LogP contribution in [0.25, 0.3) is 0 Å². The first-order valence-electron chi connectivity index (χ1n) is 4.41. The first kappa shape index (κ1) is 11.5. The minimum atomic E-state index is -0.207. The van der Waals surface area contributed by atoms with Gasteiger partial charge in [0.1, 0.15) is 11.6 Å². The van der Waals surface area contributed by atoms with E-state index in [1.54, 1.807) is 0 Å². The summed E-state index contributed by atoms with van der Waals surface area (Å²) in [6.07, 6.45) is 0. The fraction of sp³-hybridized carbons (Fsp3) is 0.400. The van der Waals surface area contributed by atoms with Gasteiger partial charge in [0, 0.05) is 24.2 Å². The zero-order valence-corrected chi connectivity index (χ0v) is 9.59. The highest BCUT2D eigenvalue weighted by atomic mass is 79.9. The summed E-state index contributed by atoms with van der Waals surface area (Å²) in [5, 5.41) is 12.6. The van der Waals surface area contributed by atoms with Crippen molar-refractivity contribution in [1.29, 1.82) is 0 Å². The molecule has 1 atom stereocenters. The molecule has 0 radical (unpaired) electrons. The van der Waals surface area contributed by atoms with Crippen LogP contribution in [0, 0.1) is 5.82 Å². The van der Waals surface area contributed by atoms with Crippen molar-refractivity contribution in [2.75, 3.05) is 6.54 Å². The van der Waals surface area contributed by atoms with Gasteiger partial charge in [-0.25, -0.2) is 4.39 Å². The molecule has 1 heterocycles. The molecule has 1 aliphatic rings. The number of halogens is 2. The molecule has 2 nitrogen and oxygen atoms in total. The molecule has 78 valence electrons. The zero-order chi connectivity index (χ0) is 9.42. The third kappa shape index (κ3) is 1.77. The maximum absolute atomic E-state index is 13.4. The Hall–Kier alpha value is -0.610. The quantitative estimate of drug-likeness (QED) is 0.752. The van der Waals surface area contributed by atoms with Gasteiger partial charge in [-0.1, -0.05) is 6.92 Å². The summed E-state index contributed by atoms with van der Waals surface area (Å²) in [4.78, 5) is 0. The Balaban J connectivity index is 0.000000980. The molecule has 1 aliphatic heterocycles. The lowest BCUT2D eigenvalue weighted by atomic mass is 9.91. The van der Waals surface area contributed by atoms with E-state index in [1.807, 2.05) is 6.92 Å². The summed E-state index contributed by atoms with van der Waals surface area (Å²) in [5.41, 5.74) is 1.37. The van der Waals surface area contributed by atoms with Crippen LogP contribution in [0.3, 0.4) is 0 Å². The molecule has 1 unspecified atom stereocenters. The molecule has 4 heteroatoms. The number of hydrogen-bond acceptors (Lipinski definition) is 2. The molecule has 0 fully saturated rings. The number of aromatic hydroxyl groups is 1. The van der Waals surface area contributed by atoms with Crippen LogP contribution < -0.4 is 5.32 Å². The Morgan fingerprint density at radius 1 is 1.50 bits per heavy atom. The number of nitrogens with one attached hydrogen (secondary N) is 1. The van der Waals surface area contributed by atoms with Crippen molar-refractivity contribution in [1.82, 2.24) is 5.32 Å². The molecular weight excluding hydrogens is 249 g/mol. The highest BCUT2D eigenvalue weighted by Gasteiger charge is 2.22. The second-order valence-corrected chi connectivity index (χ2v) is 3.49. The van der Waals surface area contributed by atoms with Gasteiger partial charge in [0.05, 0.1) is 0 Å². The number of phenolic OH excluding ortho intramolecular Hbond substituents is 1. The maximum atomic E-state index is 13.4. The van der Waals surface area contributed by atoms with Gasteiger partial charge in [-0.05, 0) is 18.1 Å². The number of fused-ring (bicyclic) bond motifs is 1. The van der Waals surface area contributed by atoms with Crippen LogP contribution in [-0.2, 0) is 6.54 Å². The molecule has 0 aliphatic carbocycles. The molecule has 2 N–H and O–H groups in total. The van der Waals surface area contributed by atoms with Gasteiger partial charge in [-0.15, -0.1) is 17.0 Å². The fourth-order valence-electron chi connectivity index (χ4n) is 1.86. The predicted octanol–water partition coefficient (Wildman–Crippen LogP) is 2.32. The molecule has 0 spiro atoms. The van der Waals surface area contributed by atoms with Crippen LogP contribution in [0.4, 0.5) is 4.39 Å². The van der Waals surface area contributed by atoms with Crippen molar-refractivity contribution in [2.45, 2.75) is 19.4 Å². The lowest BCUT2D eigenvalue weighted by molar-refractivity contribution is 0.443. The molecule has 0 saturated heterocycles. The van der Waals surface area contributed by atoms with Crippen molar-refractivity contribution < 1.29 is 9.50 Å². The molecule has 0 bridgehead atoms. The largest absolute Gasteiger partial charge is 0.508 e. The summed E-state index contributed by atoms with van der Waals surface area (Å²) < 4.78 is 13.4. The molecule has 0 aromatic heterocycles. The van der Waals surface area contributed by atoms with E-state index in [-0.39, 0.29) is 34.5 Å². The predicted molar refractivity (Wildman–Crippen MR) is 58.5 cm³/mol. The van der Waals surface area contributed by atoms with Crippen molar-refractivity contribution in [3.05, 3.63) is 29.1 Å². The first-order valence-corrected chi connectivity index (χ1v) is 4.41. The second kappa shape index (κ2) is 4.28. The Morgan fingerprint density at radius 2 is 2.21 bits per heavy atom. The Bertz CT molecular complexity index is 343. The van der Waals surface area contributed by atoms with E-state index in [1.165, 1.54) is 12.1 Å². The van der Waals surface area contributed by atoms with Crippen molar-refractivity contribution >= 4 is 17.0 Å². The average Bonchev–Trinajstić information content (AvgIpc) is 2.12. The van der Waals surface area contributed by atoms with Crippen LogP contribution in [0.15, 0.2) is 12.1 Å². The van der Waals surface area contributed by atoms with E-state index < -0.39 is 0 Å².